The summed E-state index contributed by atoms with van der Waals surface area (Å²) in [6, 6.07) is 14.3. The van der Waals surface area contributed by atoms with Crippen LogP contribution in [0.4, 0.5) is 0 Å². The molecule has 0 amide bonds. The van der Waals surface area contributed by atoms with E-state index in [0.717, 1.165) is 75.2 Å². The molecule has 8 nitrogen and oxygen atoms in total. The number of aryl methyl sites for hydroxylation is 1. The van der Waals surface area contributed by atoms with Gasteiger partial charge in [-0.15, -0.1) is 0 Å². The smallest absolute Gasteiger partial charge is 0.138 e. The number of rotatable bonds is 7. The third-order valence-electron chi connectivity index (χ3n) is 6.33. The molecule has 6 aromatic heterocycles. The van der Waals surface area contributed by atoms with Crippen molar-refractivity contribution in [2.45, 2.75) is 12.8 Å². The summed E-state index contributed by atoms with van der Waals surface area (Å²) in [5, 5.41) is 8.73. The molecule has 0 aliphatic carbocycles. The lowest BCUT2D eigenvalue weighted by Gasteiger charge is -2.09. The Balaban J connectivity index is 1.38. The summed E-state index contributed by atoms with van der Waals surface area (Å²) in [5.41, 5.74) is 9.31. The summed E-state index contributed by atoms with van der Waals surface area (Å²) in [6.45, 7) is 1.05. The van der Waals surface area contributed by atoms with Crippen molar-refractivity contribution in [3.8, 4) is 33.8 Å². The summed E-state index contributed by atoms with van der Waals surface area (Å²) < 4.78 is 0. The number of aromatic amines is 2. The number of hydrogen-bond acceptors (Lipinski definition) is 6. The van der Waals surface area contributed by atoms with Gasteiger partial charge < -0.3 is 9.88 Å². The molecule has 0 saturated heterocycles. The minimum atomic E-state index is 0.761. The molecule has 2 N–H and O–H groups in total. The molecule has 36 heavy (non-hydrogen) atoms. The fourth-order valence-electron chi connectivity index (χ4n) is 4.54. The first-order valence-corrected chi connectivity index (χ1v) is 12.0. The van der Waals surface area contributed by atoms with Gasteiger partial charge in [0.05, 0.1) is 16.9 Å². The molecular formula is C28H26N8. The second-order valence-corrected chi connectivity index (χ2v) is 9.20. The number of fused-ring (bicyclic) bond motifs is 2. The van der Waals surface area contributed by atoms with E-state index in [1.165, 1.54) is 5.56 Å². The number of nitrogens with one attached hydrogen (secondary N) is 2. The molecule has 0 unspecified atom stereocenters. The van der Waals surface area contributed by atoms with Gasteiger partial charge in [0.1, 0.15) is 16.9 Å². The zero-order valence-electron chi connectivity index (χ0n) is 20.2. The van der Waals surface area contributed by atoms with Gasteiger partial charge >= 0.3 is 0 Å². The first-order chi connectivity index (χ1) is 17.7. The van der Waals surface area contributed by atoms with E-state index in [4.69, 9.17) is 4.98 Å². The zero-order chi connectivity index (χ0) is 24.5. The SMILES string of the molecule is CN(C)CCCc1cncc(-c2ccc3[nH]nc(-c4cc5c(-c6cccnc6)ccnc5[nH]4)c3n2)c1. The summed E-state index contributed by atoms with van der Waals surface area (Å²) in [5.74, 6) is 0. The Labute approximate surface area is 208 Å². The predicted molar refractivity (Wildman–Crippen MR) is 142 cm³/mol. The van der Waals surface area contributed by atoms with Crippen molar-refractivity contribution in [3.05, 3.63) is 79.0 Å². The van der Waals surface area contributed by atoms with Crippen molar-refractivity contribution in [2.24, 2.45) is 0 Å². The Morgan fingerprint density at radius 3 is 2.69 bits per heavy atom. The first kappa shape index (κ1) is 22.1. The standard InChI is InChI=1S/C28H26N8/c1-36(2)12-4-5-18-13-20(17-30-15-18)23-7-8-24-26(32-23)27(35-34-24)25-14-22-21(9-11-31-28(22)33-25)19-6-3-10-29-16-19/h3,6-11,13-17H,4-5,12H2,1-2H3,(H,31,33)(H,34,35). The van der Waals surface area contributed by atoms with Crippen molar-refractivity contribution < 1.29 is 0 Å². The Bertz CT molecular complexity index is 1650. The summed E-state index contributed by atoms with van der Waals surface area (Å²) in [7, 11) is 4.19. The molecule has 0 aliphatic heterocycles. The van der Waals surface area contributed by atoms with Crippen LogP contribution in [0.25, 0.3) is 55.8 Å². The zero-order valence-corrected chi connectivity index (χ0v) is 20.2. The van der Waals surface area contributed by atoms with Crippen LogP contribution >= 0.6 is 0 Å². The molecule has 8 heteroatoms. The van der Waals surface area contributed by atoms with Gasteiger partial charge in [0, 0.05) is 47.5 Å². The number of pyridine rings is 4. The summed E-state index contributed by atoms with van der Waals surface area (Å²) in [6.07, 6.45) is 11.3. The molecule has 6 aromatic rings. The monoisotopic (exact) mass is 474 g/mol. The van der Waals surface area contributed by atoms with E-state index >= 15 is 0 Å². The molecular weight excluding hydrogens is 448 g/mol. The van der Waals surface area contributed by atoms with Gasteiger partial charge in [0.25, 0.3) is 0 Å². The van der Waals surface area contributed by atoms with Crippen molar-refractivity contribution in [1.82, 2.24) is 40.0 Å². The third kappa shape index (κ3) is 4.23. The quantitative estimate of drug-likeness (QED) is 0.333. The molecule has 6 rings (SSSR count). The number of H-pyrrole nitrogens is 2. The predicted octanol–water partition coefficient (Wildman–Crippen LogP) is 5.12. The van der Waals surface area contributed by atoms with Crippen LogP contribution < -0.4 is 0 Å². The molecule has 0 aliphatic rings. The van der Waals surface area contributed by atoms with Gasteiger partial charge in [-0.3, -0.25) is 15.1 Å². The third-order valence-corrected chi connectivity index (χ3v) is 6.33. The van der Waals surface area contributed by atoms with Crippen molar-refractivity contribution in [2.75, 3.05) is 20.6 Å². The highest BCUT2D eigenvalue weighted by molar-refractivity contribution is 5.98. The van der Waals surface area contributed by atoms with E-state index in [0.29, 0.717) is 0 Å². The Hall–Kier alpha value is -4.43. The fourth-order valence-corrected chi connectivity index (χ4v) is 4.54. The Morgan fingerprint density at radius 2 is 1.83 bits per heavy atom. The maximum Gasteiger partial charge on any atom is 0.138 e. The van der Waals surface area contributed by atoms with Crippen LogP contribution in [-0.4, -0.2) is 60.7 Å². The Kier molecular flexibility index (Phi) is 5.71. The lowest BCUT2D eigenvalue weighted by Crippen LogP contribution is -2.13. The lowest BCUT2D eigenvalue weighted by atomic mass is 10.1. The van der Waals surface area contributed by atoms with E-state index in [1.807, 2.05) is 49.1 Å². The normalized spacial score (nSPS) is 11.6. The average molecular weight is 475 g/mol. The molecule has 0 radical (unpaired) electrons. The molecule has 178 valence electrons. The molecule has 0 fully saturated rings. The van der Waals surface area contributed by atoms with Crippen molar-refractivity contribution in [3.63, 3.8) is 0 Å². The molecule has 0 saturated carbocycles. The topological polar surface area (TPSA) is 99.3 Å². The van der Waals surface area contributed by atoms with Gasteiger partial charge in [0.15, 0.2) is 0 Å². The second kappa shape index (κ2) is 9.31. The molecule has 0 bridgehead atoms. The van der Waals surface area contributed by atoms with E-state index < -0.39 is 0 Å². The highest BCUT2D eigenvalue weighted by Gasteiger charge is 2.16. The second-order valence-electron chi connectivity index (χ2n) is 9.20. The van der Waals surface area contributed by atoms with E-state index in [2.05, 4.69) is 67.3 Å². The van der Waals surface area contributed by atoms with Gasteiger partial charge in [-0.2, -0.15) is 5.10 Å². The van der Waals surface area contributed by atoms with Gasteiger partial charge in [-0.1, -0.05) is 6.07 Å². The largest absolute Gasteiger partial charge is 0.338 e. The minimum Gasteiger partial charge on any atom is -0.338 e. The van der Waals surface area contributed by atoms with Crippen molar-refractivity contribution >= 4 is 22.1 Å². The Morgan fingerprint density at radius 1 is 0.917 bits per heavy atom. The van der Waals surface area contributed by atoms with Crippen LogP contribution in [0.3, 0.4) is 0 Å². The lowest BCUT2D eigenvalue weighted by molar-refractivity contribution is 0.400. The molecule has 0 atom stereocenters. The van der Waals surface area contributed by atoms with Gasteiger partial charge in [-0.25, -0.2) is 9.97 Å². The highest BCUT2D eigenvalue weighted by atomic mass is 15.1. The van der Waals surface area contributed by atoms with Crippen LogP contribution in [0.5, 0.6) is 0 Å². The highest BCUT2D eigenvalue weighted by Crippen LogP contribution is 2.33. The number of aromatic nitrogens is 7. The number of nitrogens with zero attached hydrogens (tertiary/aromatic N) is 6. The van der Waals surface area contributed by atoms with E-state index in [-0.39, 0.29) is 0 Å². The van der Waals surface area contributed by atoms with Crippen LogP contribution in [0, 0.1) is 0 Å². The van der Waals surface area contributed by atoms with E-state index in [9.17, 15) is 0 Å². The van der Waals surface area contributed by atoms with Gasteiger partial charge in [0.2, 0.25) is 0 Å². The average Bonchev–Trinajstić information content (AvgIpc) is 3.53. The minimum absolute atomic E-state index is 0.761. The molecule has 0 aromatic carbocycles. The van der Waals surface area contributed by atoms with Crippen LogP contribution in [-0.2, 0) is 6.42 Å². The molecule has 0 spiro atoms. The molecule has 6 heterocycles. The van der Waals surface area contributed by atoms with E-state index in [1.54, 1.807) is 6.20 Å². The van der Waals surface area contributed by atoms with Crippen LogP contribution in [0.2, 0.25) is 0 Å². The fraction of sp³-hybridized carbons (Fsp3) is 0.179. The number of hydrogen-bond donors (Lipinski definition) is 2. The first-order valence-electron chi connectivity index (χ1n) is 12.0. The summed E-state index contributed by atoms with van der Waals surface area (Å²) in [4.78, 5) is 23.9. The van der Waals surface area contributed by atoms with Crippen molar-refractivity contribution in [1.29, 1.82) is 0 Å². The summed E-state index contributed by atoms with van der Waals surface area (Å²) >= 11 is 0. The van der Waals surface area contributed by atoms with Crippen LogP contribution in [0.15, 0.2) is 73.4 Å². The van der Waals surface area contributed by atoms with Gasteiger partial charge in [-0.05, 0) is 81.0 Å². The maximum absolute atomic E-state index is 4.99. The van der Waals surface area contributed by atoms with Crippen LogP contribution in [0.1, 0.15) is 12.0 Å². The maximum atomic E-state index is 4.99.